The zero-order chi connectivity index (χ0) is 8.27. The minimum atomic E-state index is 0.658. The Labute approximate surface area is 67.5 Å². The smallest absolute Gasteiger partial charge is 0.0501 e. The Kier molecular flexibility index (Phi) is 2.47. The van der Waals surface area contributed by atoms with Crippen LogP contribution in [0.25, 0.3) is 0 Å². The number of anilines is 1. The van der Waals surface area contributed by atoms with Gasteiger partial charge in [-0.1, -0.05) is 13.8 Å². The van der Waals surface area contributed by atoms with E-state index in [0.717, 1.165) is 17.8 Å². The average Bonchev–Trinajstić information content (AvgIpc) is 1.93. The van der Waals surface area contributed by atoms with Crippen LogP contribution in [0.4, 0.5) is 5.69 Å². The van der Waals surface area contributed by atoms with E-state index in [-0.39, 0.29) is 0 Å². The molecule has 0 radical (unpaired) electrons. The van der Waals surface area contributed by atoms with Gasteiger partial charge in [0.05, 0.1) is 11.9 Å². The Morgan fingerprint density at radius 2 is 2.18 bits per heavy atom. The molecule has 1 aromatic heterocycles. The molecule has 0 spiro atoms. The summed E-state index contributed by atoms with van der Waals surface area (Å²) in [5.41, 5.74) is 7.35. The number of pyridine rings is 1. The molecule has 0 amide bonds. The van der Waals surface area contributed by atoms with E-state index in [2.05, 4.69) is 18.8 Å². The van der Waals surface area contributed by atoms with Gasteiger partial charge in [-0.3, -0.25) is 4.98 Å². The van der Waals surface area contributed by atoms with Gasteiger partial charge in [0.15, 0.2) is 0 Å². The van der Waals surface area contributed by atoms with Gasteiger partial charge in [0, 0.05) is 5.69 Å². The Bertz CT molecular complexity index is 214. The molecule has 0 saturated carbocycles. The van der Waals surface area contributed by atoms with Crippen LogP contribution in [0.5, 0.6) is 0 Å². The Morgan fingerprint density at radius 1 is 1.45 bits per heavy atom. The van der Waals surface area contributed by atoms with Gasteiger partial charge in [-0.2, -0.15) is 0 Å². The molecule has 0 unspecified atom stereocenters. The maximum Gasteiger partial charge on any atom is 0.0501 e. The fourth-order valence-corrected chi connectivity index (χ4v) is 0.975. The summed E-state index contributed by atoms with van der Waals surface area (Å²) in [5.74, 6) is 0.658. The van der Waals surface area contributed by atoms with Crippen molar-refractivity contribution in [1.29, 1.82) is 0 Å². The lowest BCUT2D eigenvalue weighted by Crippen LogP contribution is -1.97. The Balaban J connectivity index is 2.66. The van der Waals surface area contributed by atoms with E-state index in [0.29, 0.717) is 5.92 Å². The fourth-order valence-electron chi connectivity index (χ4n) is 0.975. The van der Waals surface area contributed by atoms with Crippen molar-refractivity contribution in [2.75, 3.05) is 5.73 Å². The molecule has 0 saturated heterocycles. The van der Waals surface area contributed by atoms with Crippen LogP contribution in [0, 0.1) is 5.92 Å². The van der Waals surface area contributed by atoms with E-state index >= 15 is 0 Å². The molecule has 11 heavy (non-hydrogen) atoms. The first-order valence-electron chi connectivity index (χ1n) is 3.89. The van der Waals surface area contributed by atoms with Crippen molar-refractivity contribution >= 4 is 5.69 Å². The van der Waals surface area contributed by atoms with Gasteiger partial charge in [0.25, 0.3) is 0 Å². The molecule has 2 N–H and O–H groups in total. The van der Waals surface area contributed by atoms with Crippen molar-refractivity contribution in [1.82, 2.24) is 4.98 Å². The van der Waals surface area contributed by atoms with Crippen LogP contribution in [0.3, 0.4) is 0 Å². The third-order valence-electron chi connectivity index (χ3n) is 1.47. The molecule has 0 fully saturated rings. The number of hydrogen-bond acceptors (Lipinski definition) is 2. The molecule has 0 aliphatic carbocycles. The molecule has 1 heterocycles. The predicted octanol–water partition coefficient (Wildman–Crippen LogP) is 1.86. The van der Waals surface area contributed by atoms with Gasteiger partial charge in [-0.05, 0) is 24.5 Å². The third kappa shape index (κ3) is 2.58. The normalized spacial score (nSPS) is 10.5. The first-order valence-corrected chi connectivity index (χ1v) is 3.89. The second-order valence-electron chi connectivity index (χ2n) is 3.18. The van der Waals surface area contributed by atoms with Crippen molar-refractivity contribution in [2.45, 2.75) is 20.3 Å². The molecule has 1 rings (SSSR count). The number of nitrogens with zero attached hydrogens (tertiary/aromatic N) is 1. The van der Waals surface area contributed by atoms with Crippen LogP contribution >= 0.6 is 0 Å². The predicted molar refractivity (Wildman–Crippen MR) is 47.2 cm³/mol. The lowest BCUT2D eigenvalue weighted by Gasteiger charge is -2.02. The van der Waals surface area contributed by atoms with Gasteiger partial charge < -0.3 is 5.73 Å². The van der Waals surface area contributed by atoms with E-state index in [1.165, 1.54) is 0 Å². The first-order chi connectivity index (χ1) is 5.18. The van der Waals surface area contributed by atoms with E-state index in [9.17, 15) is 0 Å². The number of nitrogen functional groups attached to an aromatic ring is 1. The van der Waals surface area contributed by atoms with E-state index in [4.69, 9.17) is 5.73 Å². The van der Waals surface area contributed by atoms with Crippen LogP contribution in [-0.4, -0.2) is 4.98 Å². The minimum absolute atomic E-state index is 0.658. The van der Waals surface area contributed by atoms with Gasteiger partial charge >= 0.3 is 0 Å². The summed E-state index contributed by atoms with van der Waals surface area (Å²) in [4.78, 5) is 4.19. The zero-order valence-corrected chi connectivity index (χ0v) is 7.04. The van der Waals surface area contributed by atoms with Crippen molar-refractivity contribution in [3.8, 4) is 0 Å². The average molecular weight is 150 g/mol. The number of aromatic nitrogens is 1. The molecular formula is C9H14N2. The van der Waals surface area contributed by atoms with Crippen LogP contribution < -0.4 is 5.73 Å². The summed E-state index contributed by atoms with van der Waals surface area (Å²) in [7, 11) is 0. The van der Waals surface area contributed by atoms with Crippen LogP contribution in [0.1, 0.15) is 19.5 Å². The Hall–Kier alpha value is -1.05. The molecule has 0 bridgehead atoms. The highest BCUT2D eigenvalue weighted by molar-refractivity contribution is 5.34. The monoisotopic (exact) mass is 150 g/mol. The molecule has 60 valence electrons. The maximum atomic E-state index is 5.49. The summed E-state index contributed by atoms with van der Waals surface area (Å²) in [6, 6.07) is 3.88. The molecule has 0 aromatic carbocycles. The SMILES string of the molecule is CC(C)Cc1ccc(N)cn1. The molecule has 0 aliphatic heterocycles. The lowest BCUT2D eigenvalue weighted by molar-refractivity contribution is 0.635. The highest BCUT2D eigenvalue weighted by Crippen LogP contribution is 2.06. The fraction of sp³-hybridized carbons (Fsp3) is 0.444. The number of rotatable bonds is 2. The highest BCUT2D eigenvalue weighted by atomic mass is 14.7. The van der Waals surface area contributed by atoms with Crippen LogP contribution in [0.2, 0.25) is 0 Å². The van der Waals surface area contributed by atoms with Crippen molar-refractivity contribution in [3.63, 3.8) is 0 Å². The van der Waals surface area contributed by atoms with E-state index in [1.54, 1.807) is 6.20 Å². The second kappa shape index (κ2) is 3.37. The molecule has 2 heteroatoms. The van der Waals surface area contributed by atoms with Gasteiger partial charge in [-0.25, -0.2) is 0 Å². The van der Waals surface area contributed by atoms with Crippen molar-refractivity contribution in [3.05, 3.63) is 24.0 Å². The highest BCUT2D eigenvalue weighted by Gasteiger charge is 1.97. The summed E-state index contributed by atoms with van der Waals surface area (Å²) in [6.07, 6.45) is 2.73. The summed E-state index contributed by atoms with van der Waals surface area (Å²) in [6.45, 7) is 4.36. The summed E-state index contributed by atoms with van der Waals surface area (Å²) < 4.78 is 0. The molecule has 2 nitrogen and oxygen atoms in total. The number of nitrogens with two attached hydrogens (primary N) is 1. The summed E-state index contributed by atoms with van der Waals surface area (Å²) >= 11 is 0. The summed E-state index contributed by atoms with van der Waals surface area (Å²) in [5, 5.41) is 0. The van der Waals surface area contributed by atoms with E-state index in [1.807, 2.05) is 12.1 Å². The van der Waals surface area contributed by atoms with Crippen molar-refractivity contribution in [2.24, 2.45) is 5.92 Å². The van der Waals surface area contributed by atoms with Crippen LogP contribution in [0.15, 0.2) is 18.3 Å². The third-order valence-corrected chi connectivity index (χ3v) is 1.47. The zero-order valence-electron chi connectivity index (χ0n) is 7.04. The molecule has 0 aliphatic rings. The maximum absolute atomic E-state index is 5.49. The lowest BCUT2D eigenvalue weighted by atomic mass is 10.1. The second-order valence-corrected chi connectivity index (χ2v) is 3.18. The largest absolute Gasteiger partial charge is 0.397 e. The van der Waals surface area contributed by atoms with Gasteiger partial charge in [0.2, 0.25) is 0 Å². The molecule has 0 atom stereocenters. The van der Waals surface area contributed by atoms with Crippen molar-refractivity contribution < 1.29 is 0 Å². The quantitative estimate of drug-likeness (QED) is 0.699. The van der Waals surface area contributed by atoms with Gasteiger partial charge in [-0.15, -0.1) is 0 Å². The minimum Gasteiger partial charge on any atom is -0.397 e. The number of hydrogen-bond donors (Lipinski definition) is 1. The molecule has 1 aromatic rings. The van der Waals surface area contributed by atoms with Crippen LogP contribution in [-0.2, 0) is 6.42 Å². The molecular weight excluding hydrogens is 136 g/mol. The van der Waals surface area contributed by atoms with E-state index < -0.39 is 0 Å². The standard InChI is InChI=1S/C9H14N2/c1-7(2)5-9-4-3-8(10)6-11-9/h3-4,6-7H,5,10H2,1-2H3. The Morgan fingerprint density at radius 3 is 2.64 bits per heavy atom. The first kappa shape index (κ1) is 8.05. The topological polar surface area (TPSA) is 38.9 Å². The van der Waals surface area contributed by atoms with Gasteiger partial charge in [0.1, 0.15) is 0 Å².